The molecule has 0 aliphatic carbocycles. The summed E-state index contributed by atoms with van der Waals surface area (Å²) in [4.78, 5) is 16.1. The highest BCUT2D eigenvalue weighted by Gasteiger charge is 2.26. The molecule has 0 saturated heterocycles. The van der Waals surface area contributed by atoms with Gasteiger partial charge >= 0.3 is 5.97 Å². The SMILES string of the molecule is Cc1ccccc1-c1cc(CN(c2cccnc2)S(=O)(=O)c2ccccc2)ccc1C(=O)O. The largest absolute Gasteiger partial charge is 0.478 e. The molecule has 0 fully saturated rings. The number of carboxylic acid groups (broad SMARTS) is 1. The second kappa shape index (κ2) is 9.26. The number of anilines is 1. The van der Waals surface area contributed by atoms with Gasteiger partial charge in [0.2, 0.25) is 0 Å². The fraction of sp³-hybridized carbons (Fsp3) is 0.0769. The first kappa shape index (κ1) is 22.2. The van der Waals surface area contributed by atoms with E-state index in [4.69, 9.17) is 0 Å². The van der Waals surface area contributed by atoms with Crippen LogP contribution in [0.2, 0.25) is 0 Å². The number of pyridine rings is 1. The number of benzene rings is 3. The molecule has 0 spiro atoms. The van der Waals surface area contributed by atoms with Crippen LogP contribution in [0.4, 0.5) is 5.69 Å². The Morgan fingerprint density at radius 3 is 2.30 bits per heavy atom. The Labute approximate surface area is 192 Å². The Bertz CT molecular complexity index is 1390. The van der Waals surface area contributed by atoms with E-state index in [9.17, 15) is 18.3 Å². The number of aryl methyl sites for hydroxylation is 1. The number of hydrogen-bond donors (Lipinski definition) is 1. The third-order valence-electron chi connectivity index (χ3n) is 5.34. The lowest BCUT2D eigenvalue weighted by Crippen LogP contribution is -2.30. The zero-order valence-corrected chi connectivity index (χ0v) is 18.7. The number of rotatable bonds is 7. The van der Waals surface area contributed by atoms with E-state index in [0.29, 0.717) is 16.8 Å². The summed E-state index contributed by atoms with van der Waals surface area (Å²) in [6, 6.07) is 24.0. The minimum atomic E-state index is -3.89. The van der Waals surface area contributed by atoms with E-state index in [1.165, 1.54) is 16.6 Å². The van der Waals surface area contributed by atoms with Gasteiger partial charge in [-0.05, 0) is 65.6 Å². The highest BCUT2D eigenvalue weighted by atomic mass is 32.2. The molecule has 3 aromatic carbocycles. The molecule has 6 nitrogen and oxygen atoms in total. The fourth-order valence-corrected chi connectivity index (χ4v) is 5.14. The van der Waals surface area contributed by atoms with Gasteiger partial charge in [-0.3, -0.25) is 9.29 Å². The van der Waals surface area contributed by atoms with Gasteiger partial charge in [0.15, 0.2) is 0 Å². The summed E-state index contributed by atoms with van der Waals surface area (Å²) in [7, 11) is -3.89. The van der Waals surface area contributed by atoms with Crippen LogP contribution >= 0.6 is 0 Å². The first-order valence-corrected chi connectivity index (χ1v) is 11.7. The number of carboxylic acids is 1. The molecule has 0 aliphatic rings. The van der Waals surface area contributed by atoms with Gasteiger partial charge in [0, 0.05) is 6.20 Å². The van der Waals surface area contributed by atoms with Gasteiger partial charge in [-0.25, -0.2) is 13.2 Å². The second-order valence-corrected chi connectivity index (χ2v) is 9.40. The second-order valence-electron chi connectivity index (χ2n) is 7.54. The van der Waals surface area contributed by atoms with E-state index < -0.39 is 16.0 Å². The molecular weight excluding hydrogens is 436 g/mol. The summed E-state index contributed by atoms with van der Waals surface area (Å²) in [5.74, 6) is -1.04. The molecule has 1 heterocycles. The first-order valence-electron chi connectivity index (χ1n) is 10.3. The Hall–Kier alpha value is -3.97. The normalized spacial score (nSPS) is 11.2. The predicted molar refractivity (Wildman–Crippen MR) is 128 cm³/mol. The van der Waals surface area contributed by atoms with Gasteiger partial charge in [0.05, 0.1) is 28.9 Å². The first-order chi connectivity index (χ1) is 15.9. The Morgan fingerprint density at radius 1 is 0.909 bits per heavy atom. The number of hydrogen-bond acceptors (Lipinski definition) is 4. The van der Waals surface area contributed by atoms with Crippen molar-refractivity contribution in [3.63, 3.8) is 0 Å². The van der Waals surface area contributed by atoms with Crippen LogP contribution in [0.25, 0.3) is 11.1 Å². The van der Waals surface area contributed by atoms with E-state index in [1.54, 1.807) is 60.8 Å². The number of sulfonamides is 1. The molecule has 4 aromatic rings. The van der Waals surface area contributed by atoms with Crippen LogP contribution < -0.4 is 4.31 Å². The summed E-state index contributed by atoms with van der Waals surface area (Å²) in [6.07, 6.45) is 3.07. The van der Waals surface area contributed by atoms with Gasteiger partial charge < -0.3 is 5.11 Å². The molecule has 0 aliphatic heterocycles. The molecular formula is C26H22N2O4S. The standard InChI is InChI=1S/C26H22N2O4S/c1-19-8-5-6-12-23(19)25-16-20(13-14-24(25)26(29)30)18-28(21-9-7-15-27-17-21)33(31,32)22-10-3-2-4-11-22/h2-17H,18H2,1H3,(H,29,30). The third-order valence-corrected chi connectivity index (χ3v) is 7.13. The summed E-state index contributed by atoms with van der Waals surface area (Å²) >= 11 is 0. The average molecular weight is 459 g/mol. The summed E-state index contributed by atoms with van der Waals surface area (Å²) in [6.45, 7) is 1.93. The topological polar surface area (TPSA) is 87.6 Å². The summed E-state index contributed by atoms with van der Waals surface area (Å²) in [5.41, 5.74) is 3.49. The van der Waals surface area contributed by atoms with Crippen molar-refractivity contribution in [1.29, 1.82) is 0 Å². The average Bonchev–Trinajstić information content (AvgIpc) is 2.83. The summed E-state index contributed by atoms with van der Waals surface area (Å²) < 4.78 is 28.3. The van der Waals surface area contributed by atoms with Gasteiger partial charge in [-0.15, -0.1) is 0 Å². The lowest BCUT2D eigenvalue weighted by atomic mass is 9.94. The highest BCUT2D eigenvalue weighted by molar-refractivity contribution is 7.92. The lowest BCUT2D eigenvalue weighted by Gasteiger charge is -2.25. The monoisotopic (exact) mass is 458 g/mol. The van der Waals surface area contributed by atoms with Crippen molar-refractivity contribution in [3.05, 3.63) is 114 Å². The smallest absolute Gasteiger partial charge is 0.336 e. The molecule has 0 atom stereocenters. The van der Waals surface area contributed by atoms with Gasteiger partial charge in [0.1, 0.15) is 0 Å². The maximum atomic E-state index is 13.5. The molecule has 0 amide bonds. The number of aromatic nitrogens is 1. The van der Waals surface area contributed by atoms with Crippen LogP contribution in [0.5, 0.6) is 0 Å². The van der Waals surface area contributed by atoms with Crippen molar-refractivity contribution >= 4 is 21.7 Å². The molecule has 0 saturated carbocycles. The van der Waals surface area contributed by atoms with E-state index in [1.807, 2.05) is 31.2 Å². The quantitative estimate of drug-likeness (QED) is 0.414. The van der Waals surface area contributed by atoms with E-state index in [-0.39, 0.29) is 17.0 Å². The van der Waals surface area contributed by atoms with Crippen molar-refractivity contribution in [2.24, 2.45) is 0 Å². The molecule has 1 N–H and O–H groups in total. The molecule has 4 rings (SSSR count). The van der Waals surface area contributed by atoms with E-state index in [2.05, 4.69) is 4.98 Å². The van der Waals surface area contributed by atoms with Crippen molar-refractivity contribution in [1.82, 2.24) is 4.98 Å². The molecule has 7 heteroatoms. The number of carbonyl (C=O) groups is 1. The minimum absolute atomic E-state index is 0.0156. The summed E-state index contributed by atoms with van der Waals surface area (Å²) in [5, 5.41) is 9.73. The molecule has 33 heavy (non-hydrogen) atoms. The lowest BCUT2D eigenvalue weighted by molar-refractivity contribution is 0.0697. The number of nitrogens with zero attached hydrogens (tertiary/aromatic N) is 2. The minimum Gasteiger partial charge on any atom is -0.478 e. The molecule has 0 unspecified atom stereocenters. The highest BCUT2D eigenvalue weighted by Crippen LogP contribution is 2.31. The molecule has 1 aromatic heterocycles. The molecule has 166 valence electrons. The number of aromatic carboxylic acids is 1. The van der Waals surface area contributed by atoms with Gasteiger partial charge in [-0.2, -0.15) is 0 Å². The van der Waals surface area contributed by atoms with E-state index >= 15 is 0 Å². The zero-order valence-electron chi connectivity index (χ0n) is 17.9. The molecule has 0 bridgehead atoms. The zero-order chi connectivity index (χ0) is 23.4. The van der Waals surface area contributed by atoms with Crippen LogP contribution in [0.15, 0.2) is 102 Å². The van der Waals surface area contributed by atoms with Crippen molar-refractivity contribution in [2.75, 3.05) is 4.31 Å². The van der Waals surface area contributed by atoms with Crippen LogP contribution in [0.3, 0.4) is 0 Å². The Kier molecular flexibility index (Phi) is 6.24. The Balaban J connectivity index is 1.83. The van der Waals surface area contributed by atoms with Crippen molar-refractivity contribution in [3.8, 4) is 11.1 Å². The van der Waals surface area contributed by atoms with Crippen LogP contribution in [0, 0.1) is 6.92 Å². The van der Waals surface area contributed by atoms with Crippen LogP contribution in [-0.4, -0.2) is 24.5 Å². The third kappa shape index (κ3) is 4.63. The van der Waals surface area contributed by atoms with Gasteiger partial charge in [0.25, 0.3) is 10.0 Å². The van der Waals surface area contributed by atoms with Crippen molar-refractivity contribution in [2.45, 2.75) is 18.4 Å². The van der Waals surface area contributed by atoms with Crippen LogP contribution in [0.1, 0.15) is 21.5 Å². The van der Waals surface area contributed by atoms with Crippen molar-refractivity contribution < 1.29 is 18.3 Å². The predicted octanol–water partition coefficient (Wildman–Crippen LogP) is 5.15. The Morgan fingerprint density at radius 2 is 1.64 bits per heavy atom. The van der Waals surface area contributed by atoms with Crippen LogP contribution in [-0.2, 0) is 16.6 Å². The maximum absolute atomic E-state index is 13.5. The fourth-order valence-electron chi connectivity index (χ4n) is 3.68. The van der Waals surface area contributed by atoms with E-state index in [0.717, 1.165) is 11.1 Å². The van der Waals surface area contributed by atoms with Gasteiger partial charge in [-0.1, -0.05) is 48.5 Å². The molecule has 0 radical (unpaired) electrons. The maximum Gasteiger partial charge on any atom is 0.336 e.